The minimum Gasteiger partial charge on any atom is -0.463 e. The van der Waals surface area contributed by atoms with Crippen LogP contribution in [-0.2, 0) is 16.0 Å². The molecule has 0 aliphatic carbocycles. The van der Waals surface area contributed by atoms with Gasteiger partial charge in [0.2, 0.25) is 0 Å². The standard InChI is InChI=1S/C15H20O2/c1-13(2)11-12-17-15(16)10-6-9-14-7-4-3-5-8-14/h3-8,10,13H,9,11-12H2,1-2H3. The summed E-state index contributed by atoms with van der Waals surface area (Å²) < 4.78 is 5.07. The Hall–Kier alpha value is -1.57. The van der Waals surface area contributed by atoms with Gasteiger partial charge in [-0.15, -0.1) is 0 Å². The molecule has 0 saturated carbocycles. The molecule has 0 aliphatic rings. The van der Waals surface area contributed by atoms with E-state index in [-0.39, 0.29) is 5.97 Å². The molecule has 0 bridgehead atoms. The number of hydrogen-bond acceptors (Lipinski definition) is 2. The average Bonchev–Trinajstić information content (AvgIpc) is 2.30. The smallest absolute Gasteiger partial charge is 0.330 e. The van der Waals surface area contributed by atoms with Crippen LogP contribution in [0.5, 0.6) is 0 Å². The lowest BCUT2D eigenvalue weighted by molar-refractivity contribution is -0.138. The number of ether oxygens (including phenoxy) is 1. The maximum absolute atomic E-state index is 11.3. The Labute approximate surface area is 103 Å². The molecule has 0 heterocycles. The third-order valence-electron chi connectivity index (χ3n) is 2.39. The zero-order valence-corrected chi connectivity index (χ0v) is 10.6. The third-order valence-corrected chi connectivity index (χ3v) is 2.39. The van der Waals surface area contributed by atoms with Crippen LogP contribution in [0.2, 0.25) is 0 Å². The first kappa shape index (κ1) is 13.5. The fourth-order valence-corrected chi connectivity index (χ4v) is 1.35. The fraction of sp³-hybridized carbons (Fsp3) is 0.400. The van der Waals surface area contributed by atoms with E-state index in [1.807, 2.05) is 36.4 Å². The average molecular weight is 232 g/mol. The van der Waals surface area contributed by atoms with Gasteiger partial charge in [0.15, 0.2) is 0 Å². The van der Waals surface area contributed by atoms with E-state index < -0.39 is 0 Å². The van der Waals surface area contributed by atoms with Crippen LogP contribution < -0.4 is 0 Å². The molecule has 2 nitrogen and oxygen atoms in total. The zero-order valence-electron chi connectivity index (χ0n) is 10.6. The van der Waals surface area contributed by atoms with E-state index in [1.165, 1.54) is 11.6 Å². The van der Waals surface area contributed by atoms with E-state index in [2.05, 4.69) is 13.8 Å². The Balaban J connectivity index is 2.22. The lowest BCUT2D eigenvalue weighted by Crippen LogP contribution is -2.04. The second-order valence-corrected chi connectivity index (χ2v) is 4.44. The van der Waals surface area contributed by atoms with Crippen molar-refractivity contribution >= 4 is 5.97 Å². The van der Waals surface area contributed by atoms with E-state index in [0.717, 1.165) is 12.8 Å². The molecule has 0 spiro atoms. The summed E-state index contributed by atoms with van der Waals surface area (Å²) in [4.78, 5) is 11.3. The van der Waals surface area contributed by atoms with E-state index in [1.54, 1.807) is 0 Å². The zero-order chi connectivity index (χ0) is 12.5. The third kappa shape index (κ3) is 6.56. The Morgan fingerprint density at radius 2 is 2.00 bits per heavy atom. The molecule has 0 fully saturated rings. The number of rotatable bonds is 6. The van der Waals surface area contributed by atoms with Gasteiger partial charge in [0.1, 0.15) is 0 Å². The van der Waals surface area contributed by atoms with E-state index in [0.29, 0.717) is 12.5 Å². The second-order valence-electron chi connectivity index (χ2n) is 4.44. The first-order chi connectivity index (χ1) is 8.18. The van der Waals surface area contributed by atoms with Crippen molar-refractivity contribution in [3.63, 3.8) is 0 Å². The Bertz CT molecular complexity index is 352. The van der Waals surface area contributed by atoms with E-state index in [4.69, 9.17) is 4.74 Å². The highest BCUT2D eigenvalue weighted by molar-refractivity contribution is 5.81. The van der Waals surface area contributed by atoms with Gasteiger partial charge in [-0.2, -0.15) is 0 Å². The number of allylic oxidation sites excluding steroid dienone is 1. The molecule has 0 aliphatic heterocycles. The highest BCUT2D eigenvalue weighted by atomic mass is 16.5. The van der Waals surface area contributed by atoms with Gasteiger partial charge in [-0.05, 0) is 24.3 Å². The van der Waals surface area contributed by atoms with Crippen LogP contribution in [-0.4, -0.2) is 12.6 Å². The summed E-state index contributed by atoms with van der Waals surface area (Å²) >= 11 is 0. The van der Waals surface area contributed by atoms with Crippen molar-refractivity contribution in [2.24, 2.45) is 5.92 Å². The summed E-state index contributed by atoms with van der Waals surface area (Å²) in [7, 11) is 0. The van der Waals surface area contributed by atoms with Gasteiger partial charge < -0.3 is 4.74 Å². The molecule has 1 aromatic rings. The minimum atomic E-state index is -0.249. The Morgan fingerprint density at radius 3 is 2.65 bits per heavy atom. The monoisotopic (exact) mass is 232 g/mol. The summed E-state index contributed by atoms with van der Waals surface area (Å²) in [6.07, 6.45) is 5.03. The van der Waals surface area contributed by atoms with Crippen LogP contribution in [0.1, 0.15) is 25.8 Å². The summed E-state index contributed by atoms with van der Waals surface area (Å²) in [6, 6.07) is 10.0. The molecule has 0 saturated heterocycles. The molecular formula is C15H20O2. The minimum absolute atomic E-state index is 0.249. The molecule has 1 aromatic carbocycles. The number of hydrogen-bond donors (Lipinski definition) is 0. The molecule has 92 valence electrons. The Kier molecular flexibility index (Phi) is 6.08. The summed E-state index contributed by atoms with van der Waals surface area (Å²) in [6.45, 7) is 4.73. The highest BCUT2D eigenvalue weighted by Crippen LogP contribution is 2.01. The number of carbonyl (C=O) groups excluding carboxylic acids is 1. The summed E-state index contributed by atoms with van der Waals surface area (Å²) in [5, 5.41) is 0. The van der Waals surface area contributed by atoms with Gasteiger partial charge in [-0.1, -0.05) is 50.3 Å². The molecular weight excluding hydrogens is 212 g/mol. The number of esters is 1. The quantitative estimate of drug-likeness (QED) is 0.555. The predicted molar refractivity (Wildman–Crippen MR) is 69.7 cm³/mol. The van der Waals surface area contributed by atoms with Crippen LogP contribution in [0.25, 0.3) is 0 Å². The van der Waals surface area contributed by atoms with Crippen LogP contribution in [0, 0.1) is 5.92 Å². The molecule has 0 aromatic heterocycles. The normalized spacial score (nSPS) is 11.0. The molecule has 0 atom stereocenters. The fourth-order valence-electron chi connectivity index (χ4n) is 1.35. The van der Waals surface area contributed by atoms with Crippen molar-refractivity contribution < 1.29 is 9.53 Å². The second kappa shape index (κ2) is 7.66. The lowest BCUT2D eigenvalue weighted by Gasteiger charge is -2.04. The van der Waals surface area contributed by atoms with Gasteiger partial charge in [0, 0.05) is 6.08 Å². The molecule has 0 N–H and O–H groups in total. The maximum atomic E-state index is 11.3. The SMILES string of the molecule is CC(C)CCOC(=O)C=CCc1ccccc1. The largest absolute Gasteiger partial charge is 0.463 e. The van der Waals surface area contributed by atoms with Gasteiger partial charge in [0.25, 0.3) is 0 Å². The van der Waals surface area contributed by atoms with Gasteiger partial charge in [0.05, 0.1) is 6.61 Å². The lowest BCUT2D eigenvalue weighted by atomic mass is 10.1. The molecule has 2 heteroatoms. The molecule has 0 amide bonds. The van der Waals surface area contributed by atoms with Crippen LogP contribution >= 0.6 is 0 Å². The van der Waals surface area contributed by atoms with E-state index >= 15 is 0 Å². The van der Waals surface area contributed by atoms with Gasteiger partial charge in [-0.3, -0.25) is 0 Å². The van der Waals surface area contributed by atoms with Gasteiger partial charge >= 0.3 is 5.97 Å². The predicted octanol–water partition coefficient (Wildman–Crippen LogP) is 3.37. The molecule has 1 rings (SSSR count). The highest BCUT2D eigenvalue weighted by Gasteiger charge is 1.98. The number of carbonyl (C=O) groups is 1. The van der Waals surface area contributed by atoms with E-state index in [9.17, 15) is 4.79 Å². The van der Waals surface area contributed by atoms with Gasteiger partial charge in [-0.25, -0.2) is 4.79 Å². The van der Waals surface area contributed by atoms with Crippen LogP contribution in [0.15, 0.2) is 42.5 Å². The van der Waals surface area contributed by atoms with Crippen LogP contribution in [0.3, 0.4) is 0 Å². The number of benzene rings is 1. The van der Waals surface area contributed by atoms with Crippen molar-refractivity contribution in [2.75, 3.05) is 6.61 Å². The van der Waals surface area contributed by atoms with Crippen molar-refractivity contribution in [1.29, 1.82) is 0 Å². The van der Waals surface area contributed by atoms with Crippen molar-refractivity contribution in [3.8, 4) is 0 Å². The summed E-state index contributed by atoms with van der Waals surface area (Å²) in [5.41, 5.74) is 1.19. The summed E-state index contributed by atoms with van der Waals surface area (Å²) in [5.74, 6) is 0.317. The first-order valence-electron chi connectivity index (χ1n) is 6.05. The van der Waals surface area contributed by atoms with Crippen LogP contribution in [0.4, 0.5) is 0 Å². The van der Waals surface area contributed by atoms with Crippen molar-refractivity contribution in [3.05, 3.63) is 48.0 Å². The molecule has 0 radical (unpaired) electrons. The first-order valence-corrected chi connectivity index (χ1v) is 6.05. The molecule has 17 heavy (non-hydrogen) atoms. The van der Waals surface area contributed by atoms with Crippen molar-refractivity contribution in [2.45, 2.75) is 26.7 Å². The van der Waals surface area contributed by atoms with Crippen molar-refractivity contribution in [1.82, 2.24) is 0 Å². The topological polar surface area (TPSA) is 26.3 Å². The maximum Gasteiger partial charge on any atom is 0.330 e. The Morgan fingerprint density at radius 1 is 1.29 bits per heavy atom. The molecule has 0 unspecified atom stereocenters.